The molecule has 0 spiro atoms. The summed E-state index contributed by atoms with van der Waals surface area (Å²) in [6.07, 6.45) is 2.89. The second-order valence-electron chi connectivity index (χ2n) is 4.17. The van der Waals surface area contributed by atoms with Gasteiger partial charge in [-0.2, -0.15) is 0 Å². The van der Waals surface area contributed by atoms with Crippen molar-refractivity contribution in [3.63, 3.8) is 0 Å². The molecular weight excluding hydrogens is 208 g/mol. The van der Waals surface area contributed by atoms with Crippen molar-refractivity contribution in [3.8, 4) is 0 Å². The smallest absolute Gasteiger partial charge is 0.0570 e. The second kappa shape index (κ2) is 6.16. The van der Waals surface area contributed by atoms with Gasteiger partial charge in [-0.1, -0.05) is 36.4 Å². The van der Waals surface area contributed by atoms with Gasteiger partial charge in [0.15, 0.2) is 0 Å². The Morgan fingerprint density at radius 3 is 2.53 bits per heavy atom. The van der Waals surface area contributed by atoms with Gasteiger partial charge in [-0.15, -0.1) is 0 Å². The zero-order valence-corrected chi connectivity index (χ0v) is 10.1. The predicted octanol–water partition coefficient (Wildman–Crippen LogP) is 2.97. The van der Waals surface area contributed by atoms with Crippen molar-refractivity contribution < 1.29 is 0 Å². The Labute approximate surface area is 103 Å². The third-order valence-electron chi connectivity index (χ3n) is 2.84. The largest absolute Gasteiger partial charge is 0.309 e. The molecule has 1 aromatic carbocycles. The van der Waals surface area contributed by atoms with Gasteiger partial charge in [0, 0.05) is 12.2 Å². The maximum absolute atomic E-state index is 4.34. The van der Waals surface area contributed by atoms with Crippen LogP contribution in [0.1, 0.15) is 24.2 Å². The highest BCUT2D eigenvalue weighted by molar-refractivity contribution is 5.15. The van der Waals surface area contributed by atoms with Gasteiger partial charge < -0.3 is 5.32 Å². The van der Waals surface area contributed by atoms with E-state index in [1.54, 1.807) is 0 Å². The topological polar surface area (TPSA) is 24.9 Å². The molecule has 88 valence electrons. The molecule has 2 rings (SSSR count). The summed E-state index contributed by atoms with van der Waals surface area (Å²) in [6, 6.07) is 16.9. The fraction of sp³-hybridized carbons (Fsp3) is 0.267. The number of aromatic nitrogens is 1. The molecule has 0 aliphatic carbocycles. The lowest BCUT2D eigenvalue weighted by atomic mass is 10.1. The molecule has 0 aliphatic rings. The van der Waals surface area contributed by atoms with Gasteiger partial charge >= 0.3 is 0 Å². The van der Waals surface area contributed by atoms with Crippen molar-refractivity contribution in [3.05, 3.63) is 66.0 Å². The molecule has 2 heteroatoms. The summed E-state index contributed by atoms with van der Waals surface area (Å²) < 4.78 is 0. The van der Waals surface area contributed by atoms with E-state index in [-0.39, 0.29) is 0 Å². The standard InChI is InChI=1S/C15H18N2/c1-13(15-9-5-6-11-17-15)16-12-10-14-7-3-2-4-8-14/h2-9,11,13,16H,10,12H2,1H3/t13-/m0/s1. The van der Waals surface area contributed by atoms with Gasteiger partial charge in [-0.3, -0.25) is 4.98 Å². The Morgan fingerprint density at radius 2 is 1.82 bits per heavy atom. The van der Waals surface area contributed by atoms with Crippen LogP contribution in [0.5, 0.6) is 0 Å². The quantitative estimate of drug-likeness (QED) is 0.847. The first-order chi connectivity index (χ1) is 8.36. The Kier molecular flexibility index (Phi) is 4.28. The van der Waals surface area contributed by atoms with Crippen molar-refractivity contribution in [1.29, 1.82) is 0 Å². The lowest BCUT2D eigenvalue weighted by Crippen LogP contribution is -2.22. The Hall–Kier alpha value is -1.67. The molecule has 0 saturated heterocycles. The number of benzene rings is 1. The molecule has 0 saturated carbocycles. The molecule has 0 amide bonds. The van der Waals surface area contributed by atoms with Gasteiger partial charge in [-0.05, 0) is 37.6 Å². The fourth-order valence-electron chi connectivity index (χ4n) is 1.81. The highest BCUT2D eigenvalue weighted by atomic mass is 14.9. The number of pyridine rings is 1. The van der Waals surface area contributed by atoms with E-state index < -0.39 is 0 Å². The normalized spacial score (nSPS) is 12.3. The molecule has 2 aromatic rings. The summed E-state index contributed by atoms with van der Waals surface area (Å²) >= 11 is 0. The average Bonchev–Trinajstić information content (AvgIpc) is 2.41. The van der Waals surface area contributed by atoms with Gasteiger partial charge in [0.25, 0.3) is 0 Å². The predicted molar refractivity (Wildman–Crippen MR) is 70.8 cm³/mol. The molecule has 1 heterocycles. The summed E-state index contributed by atoms with van der Waals surface area (Å²) in [7, 11) is 0. The molecule has 1 N–H and O–H groups in total. The number of rotatable bonds is 5. The number of nitrogens with one attached hydrogen (secondary N) is 1. The highest BCUT2D eigenvalue weighted by Gasteiger charge is 2.04. The SMILES string of the molecule is C[C@H](NCCc1ccccc1)c1ccccn1. The van der Waals surface area contributed by atoms with Crippen LogP contribution in [0, 0.1) is 0 Å². The van der Waals surface area contributed by atoms with Crippen LogP contribution in [0.25, 0.3) is 0 Å². The minimum absolute atomic E-state index is 0.305. The Balaban J connectivity index is 1.79. The zero-order valence-electron chi connectivity index (χ0n) is 10.1. The van der Waals surface area contributed by atoms with Crippen LogP contribution >= 0.6 is 0 Å². The van der Waals surface area contributed by atoms with E-state index in [4.69, 9.17) is 0 Å². The van der Waals surface area contributed by atoms with Crippen molar-refractivity contribution in [2.24, 2.45) is 0 Å². The Morgan fingerprint density at radius 1 is 1.06 bits per heavy atom. The first-order valence-electron chi connectivity index (χ1n) is 6.04. The van der Waals surface area contributed by atoms with E-state index in [2.05, 4.69) is 47.6 Å². The summed E-state index contributed by atoms with van der Waals surface area (Å²) in [6.45, 7) is 3.12. The first kappa shape index (κ1) is 11.8. The molecule has 0 unspecified atom stereocenters. The van der Waals surface area contributed by atoms with Crippen molar-refractivity contribution in [2.45, 2.75) is 19.4 Å². The van der Waals surface area contributed by atoms with Crippen LogP contribution in [0.3, 0.4) is 0 Å². The fourth-order valence-corrected chi connectivity index (χ4v) is 1.81. The maximum Gasteiger partial charge on any atom is 0.0570 e. The van der Waals surface area contributed by atoms with E-state index in [0.717, 1.165) is 18.7 Å². The number of hydrogen-bond donors (Lipinski definition) is 1. The monoisotopic (exact) mass is 226 g/mol. The minimum Gasteiger partial charge on any atom is -0.309 e. The Bertz CT molecular complexity index is 425. The van der Waals surface area contributed by atoms with Crippen LogP contribution in [0.4, 0.5) is 0 Å². The molecule has 0 fully saturated rings. The van der Waals surface area contributed by atoms with Crippen LogP contribution < -0.4 is 5.32 Å². The molecule has 0 radical (unpaired) electrons. The maximum atomic E-state index is 4.34. The zero-order chi connectivity index (χ0) is 11.9. The molecule has 1 aromatic heterocycles. The lowest BCUT2D eigenvalue weighted by molar-refractivity contribution is 0.564. The van der Waals surface area contributed by atoms with Gasteiger partial charge in [0.1, 0.15) is 0 Å². The summed E-state index contributed by atoms with van der Waals surface area (Å²) in [5.41, 5.74) is 2.47. The average molecular weight is 226 g/mol. The molecule has 0 bridgehead atoms. The van der Waals surface area contributed by atoms with Gasteiger partial charge in [-0.25, -0.2) is 0 Å². The highest BCUT2D eigenvalue weighted by Crippen LogP contribution is 2.07. The molecule has 17 heavy (non-hydrogen) atoms. The summed E-state index contributed by atoms with van der Waals surface area (Å²) in [5, 5.41) is 3.48. The van der Waals surface area contributed by atoms with E-state index in [1.165, 1.54) is 5.56 Å². The van der Waals surface area contributed by atoms with Crippen LogP contribution in [0.15, 0.2) is 54.7 Å². The van der Waals surface area contributed by atoms with Crippen molar-refractivity contribution in [1.82, 2.24) is 10.3 Å². The van der Waals surface area contributed by atoms with E-state index in [9.17, 15) is 0 Å². The molecule has 2 nitrogen and oxygen atoms in total. The lowest BCUT2D eigenvalue weighted by Gasteiger charge is -2.12. The van der Waals surface area contributed by atoms with Gasteiger partial charge in [0.2, 0.25) is 0 Å². The van der Waals surface area contributed by atoms with E-state index in [1.807, 2.05) is 24.4 Å². The summed E-state index contributed by atoms with van der Waals surface area (Å²) in [4.78, 5) is 4.34. The first-order valence-corrected chi connectivity index (χ1v) is 6.04. The third kappa shape index (κ3) is 3.68. The van der Waals surface area contributed by atoms with Crippen LogP contribution in [-0.4, -0.2) is 11.5 Å². The van der Waals surface area contributed by atoms with Crippen LogP contribution in [-0.2, 0) is 6.42 Å². The summed E-state index contributed by atoms with van der Waals surface area (Å²) in [5.74, 6) is 0. The number of nitrogens with zero attached hydrogens (tertiary/aromatic N) is 1. The molecule has 0 aliphatic heterocycles. The van der Waals surface area contributed by atoms with Crippen LogP contribution in [0.2, 0.25) is 0 Å². The van der Waals surface area contributed by atoms with E-state index in [0.29, 0.717) is 6.04 Å². The molecular formula is C15H18N2. The minimum atomic E-state index is 0.305. The third-order valence-corrected chi connectivity index (χ3v) is 2.84. The second-order valence-corrected chi connectivity index (χ2v) is 4.17. The van der Waals surface area contributed by atoms with Gasteiger partial charge in [0.05, 0.1) is 5.69 Å². The molecule has 1 atom stereocenters. The van der Waals surface area contributed by atoms with Crippen molar-refractivity contribution in [2.75, 3.05) is 6.54 Å². The number of hydrogen-bond acceptors (Lipinski definition) is 2. The van der Waals surface area contributed by atoms with Crippen molar-refractivity contribution >= 4 is 0 Å². The van der Waals surface area contributed by atoms with E-state index >= 15 is 0 Å².